The highest BCUT2D eigenvalue weighted by Crippen LogP contribution is 1.97. The van der Waals surface area contributed by atoms with Crippen molar-refractivity contribution in [3.8, 4) is 0 Å². The summed E-state index contributed by atoms with van der Waals surface area (Å²) in [4.78, 5) is 7.25. The Bertz CT molecular complexity index is 367. The first-order valence-corrected chi connectivity index (χ1v) is 5.18. The summed E-state index contributed by atoms with van der Waals surface area (Å²) in [5, 5.41) is 3.38. The van der Waals surface area contributed by atoms with Crippen molar-refractivity contribution < 1.29 is 0 Å². The van der Waals surface area contributed by atoms with Crippen molar-refractivity contribution in [2.75, 3.05) is 6.54 Å². The van der Waals surface area contributed by atoms with Crippen LogP contribution in [0.3, 0.4) is 0 Å². The topological polar surface area (TPSA) is 40.7 Å². The van der Waals surface area contributed by atoms with Gasteiger partial charge in [0.25, 0.3) is 0 Å². The maximum atomic E-state index is 4.17. The molecule has 0 fully saturated rings. The highest BCUT2D eigenvalue weighted by atomic mass is 14.9. The van der Waals surface area contributed by atoms with Crippen LogP contribution >= 0.6 is 0 Å². The average Bonchev–Trinajstić information content (AvgIpc) is 2.79. The molecular weight excluding hydrogens is 186 g/mol. The third-order valence-electron chi connectivity index (χ3n) is 2.27. The first kappa shape index (κ1) is 9.93. The van der Waals surface area contributed by atoms with E-state index in [0.717, 1.165) is 25.3 Å². The van der Waals surface area contributed by atoms with Gasteiger partial charge < -0.3 is 10.3 Å². The van der Waals surface area contributed by atoms with Crippen LogP contribution in [0.4, 0.5) is 0 Å². The fraction of sp³-hybridized carbons (Fsp3) is 0.250. The van der Waals surface area contributed by atoms with Crippen LogP contribution in [0.5, 0.6) is 0 Å². The van der Waals surface area contributed by atoms with E-state index in [1.807, 2.05) is 12.3 Å². The lowest BCUT2D eigenvalue weighted by Crippen LogP contribution is -2.17. The molecule has 3 nitrogen and oxygen atoms in total. The lowest BCUT2D eigenvalue weighted by atomic mass is 10.2. The van der Waals surface area contributed by atoms with E-state index in [1.54, 1.807) is 6.20 Å². The predicted octanol–water partition coefficient (Wildman–Crippen LogP) is 1.74. The van der Waals surface area contributed by atoms with Gasteiger partial charge in [-0.1, -0.05) is 30.3 Å². The number of nitrogens with one attached hydrogen (secondary N) is 2. The Labute approximate surface area is 89.6 Å². The van der Waals surface area contributed by atoms with Gasteiger partial charge in [0, 0.05) is 31.9 Å². The Morgan fingerprint density at radius 2 is 2.07 bits per heavy atom. The summed E-state index contributed by atoms with van der Waals surface area (Å²) in [6.07, 6.45) is 4.58. The smallest absolute Gasteiger partial charge is 0.107 e. The Kier molecular flexibility index (Phi) is 3.52. The quantitative estimate of drug-likeness (QED) is 0.723. The minimum atomic E-state index is 0.918. The second-order valence-corrected chi connectivity index (χ2v) is 3.45. The molecule has 3 heteroatoms. The Balaban J connectivity index is 1.68. The first-order valence-electron chi connectivity index (χ1n) is 5.18. The zero-order chi connectivity index (χ0) is 10.3. The molecule has 0 bridgehead atoms. The van der Waals surface area contributed by atoms with Gasteiger partial charge in [0.15, 0.2) is 0 Å². The molecule has 0 atom stereocenters. The van der Waals surface area contributed by atoms with E-state index in [0.29, 0.717) is 0 Å². The van der Waals surface area contributed by atoms with E-state index in [2.05, 4.69) is 39.6 Å². The Morgan fingerprint density at radius 1 is 1.20 bits per heavy atom. The van der Waals surface area contributed by atoms with Crippen molar-refractivity contribution >= 4 is 0 Å². The van der Waals surface area contributed by atoms with E-state index in [-0.39, 0.29) is 0 Å². The zero-order valence-corrected chi connectivity index (χ0v) is 8.61. The second-order valence-electron chi connectivity index (χ2n) is 3.45. The Morgan fingerprint density at radius 3 is 2.80 bits per heavy atom. The van der Waals surface area contributed by atoms with Crippen LogP contribution in [0, 0.1) is 0 Å². The van der Waals surface area contributed by atoms with Crippen molar-refractivity contribution in [3.05, 3.63) is 54.1 Å². The summed E-state index contributed by atoms with van der Waals surface area (Å²) in [7, 11) is 0. The summed E-state index contributed by atoms with van der Waals surface area (Å²) in [6, 6.07) is 10.4. The van der Waals surface area contributed by atoms with Crippen LogP contribution in [0.2, 0.25) is 0 Å². The Hall–Kier alpha value is -1.61. The predicted molar refractivity (Wildman–Crippen MR) is 60.4 cm³/mol. The van der Waals surface area contributed by atoms with Gasteiger partial charge in [-0.05, 0) is 5.56 Å². The first-order chi connectivity index (χ1) is 7.45. The summed E-state index contributed by atoms with van der Waals surface area (Å²) >= 11 is 0. The van der Waals surface area contributed by atoms with Crippen molar-refractivity contribution in [3.63, 3.8) is 0 Å². The molecule has 2 rings (SSSR count). The molecule has 0 radical (unpaired) electrons. The number of aromatic amines is 1. The third kappa shape index (κ3) is 3.22. The van der Waals surface area contributed by atoms with Crippen LogP contribution in [0.25, 0.3) is 0 Å². The number of aromatic nitrogens is 2. The van der Waals surface area contributed by atoms with E-state index in [1.165, 1.54) is 5.56 Å². The van der Waals surface area contributed by atoms with Crippen LogP contribution < -0.4 is 5.32 Å². The average molecular weight is 201 g/mol. The maximum absolute atomic E-state index is 4.17. The summed E-state index contributed by atoms with van der Waals surface area (Å²) < 4.78 is 0. The summed E-state index contributed by atoms with van der Waals surface area (Å²) in [6.45, 7) is 1.87. The molecule has 0 amide bonds. The van der Waals surface area contributed by atoms with Gasteiger partial charge in [-0.15, -0.1) is 0 Å². The van der Waals surface area contributed by atoms with Crippen molar-refractivity contribution in [1.82, 2.24) is 15.3 Å². The summed E-state index contributed by atoms with van der Waals surface area (Å²) in [5.74, 6) is 1.04. The van der Waals surface area contributed by atoms with Gasteiger partial charge in [-0.25, -0.2) is 4.98 Å². The fourth-order valence-electron chi connectivity index (χ4n) is 1.47. The molecule has 0 spiro atoms. The van der Waals surface area contributed by atoms with Gasteiger partial charge in [0.2, 0.25) is 0 Å². The molecule has 78 valence electrons. The number of hydrogen-bond acceptors (Lipinski definition) is 2. The molecule has 2 N–H and O–H groups in total. The van der Waals surface area contributed by atoms with E-state index >= 15 is 0 Å². The number of nitrogens with zero attached hydrogens (tertiary/aromatic N) is 1. The second kappa shape index (κ2) is 5.32. The van der Waals surface area contributed by atoms with Gasteiger partial charge >= 0.3 is 0 Å². The molecule has 15 heavy (non-hydrogen) atoms. The molecule has 0 aliphatic heterocycles. The van der Waals surface area contributed by atoms with Crippen LogP contribution in [0.1, 0.15) is 11.4 Å². The van der Waals surface area contributed by atoms with Crippen molar-refractivity contribution in [1.29, 1.82) is 0 Å². The number of hydrogen-bond donors (Lipinski definition) is 2. The zero-order valence-electron chi connectivity index (χ0n) is 8.61. The normalized spacial score (nSPS) is 10.4. The SMILES string of the molecule is c1ccc(CNCCc2ncc[nH]2)cc1. The van der Waals surface area contributed by atoms with Gasteiger partial charge in [-0.3, -0.25) is 0 Å². The minimum Gasteiger partial charge on any atom is -0.349 e. The van der Waals surface area contributed by atoms with Crippen LogP contribution in [0.15, 0.2) is 42.7 Å². The van der Waals surface area contributed by atoms with E-state index in [9.17, 15) is 0 Å². The molecule has 2 aromatic rings. The standard InChI is InChI=1S/C12H15N3/c1-2-4-11(5-3-1)10-13-7-6-12-14-8-9-15-12/h1-5,8-9,13H,6-7,10H2,(H,14,15). The maximum Gasteiger partial charge on any atom is 0.107 e. The molecular formula is C12H15N3. The molecule has 1 aromatic heterocycles. The van der Waals surface area contributed by atoms with E-state index < -0.39 is 0 Å². The van der Waals surface area contributed by atoms with Crippen molar-refractivity contribution in [2.45, 2.75) is 13.0 Å². The molecule has 1 aromatic carbocycles. The van der Waals surface area contributed by atoms with Gasteiger partial charge in [0.05, 0.1) is 0 Å². The highest BCUT2D eigenvalue weighted by Gasteiger charge is 1.94. The number of H-pyrrole nitrogens is 1. The lowest BCUT2D eigenvalue weighted by Gasteiger charge is -2.03. The molecule has 0 saturated heterocycles. The molecule has 0 aliphatic carbocycles. The summed E-state index contributed by atoms with van der Waals surface area (Å²) in [5.41, 5.74) is 1.32. The fourth-order valence-corrected chi connectivity index (χ4v) is 1.47. The lowest BCUT2D eigenvalue weighted by molar-refractivity contribution is 0.674. The molecule has 0 unspecified atom stereocenters. The number of benzene rings is 1. The van der Waals surface area contributed by atoms with Crippen molar-refractivity contribution in [2.24, 2.45) is 0 Å². The monoisotopic (exact) mass is 201 g/mol. The van der Waals surface area contributed by atoms with Gasteiger partial charge in [0.1, 0.15) is 5.82 Å². The molecule has 0 aliphatic rings. The number of rotatable bonds is 5. The number of imidazole rings is 1. The molecule has 0 saturated carbocycles. The van der Waals surface area contributed by atoms with Crippen LogP contribution in [-0.4, -0.2) is 16.5 Å². The van der Waals surface area contributed by atoms with Gasteiger partial charge in [-0.2, -0.15) is 0 Å². The third-order valence-corrected chi connectivity index (χ3v) is 2.27. The highest BCUT2D eigenvalue weighted by molar-refractivity contribution is 5.14. The molecule has 1 heterocycles. The van der Waals surface area contributed by atoms with Crippen LogP contribution in [-0.2, 0) is 13.0 Å². The largest absolute Gasteiger partial charge is 0.349 e. The van der Waals surface area contributed by atoms with E-state index in [4.69, 9.17) is 0 Å². The minimum absolute atomic E-state index is 0.918.